The van der Waals surface area contributed by atoms with E-state index in [0.717, 1.165) is 6.42 Å². The summed E-state index contributed by atoms with van der Waals surface area (Å²) in [7, 11) is 0. The lowest BCUT2D eigenvalue weighted by Crippen LogP contribution is -2.46. The van der Waals surface area contributed by atoms with Gasteiger partial charge in [-0.2, -0.15) is 0 Å². The van der Waals surface area contributed by atoms with Gasteiger partial charge >= 0.3 is 5.97 Å². The number of hydrogen-bond acceptors (Lipinski definition) is 4. The van der Waals surface area contributed by atoms with Gasteiger partial charge in [0.15, 0.2) is 0 Å². The molecule has 1 amide bonds. The molecule has 0 atom stereocenters. The number of nitrogens with one attached hydrogen (secondary N) is 2. The molecule has 0 aliphatic carbocycles. The minimum atomic E-state index is -0.743. The summed E-state index contributed by atoms with van der Waals surface area (Å²) in [4.78, 5) is 22.1. The lowest BCUT2D eigenvalue weighted by atomic mass is 10.4. The summed E-state index contributed by atoms with van der Waals surface area (Å²) in [5, 5.41) is 8.54. The fraction of sp³-hybridized carbons (Fsp3) is 0.625. The topological polar surface area (TPSA) is 82.5 Å². The molecule has 6 nitrogen and oxygen atoms in total. The maximum atomic E-state index is 11.1. The van der Waals surface area contributed by atoms with Crippen LogP contribution in [-0.4, -0.2) is 35.9 Å². The van der Waals surface area contributed by atoms with Crippen LogP contribution in [0.1, 0.15) is 19.8 Å². The van der Waals surface area contributed by atoms with Gasteiger partial charge < -0.3 is 4.74 Å². The van der Waals surface area contributed by atoms with Crippen LogP contribution in [0.4, 0.5) is 0 Å². The third kappa shape index (κ3) is 2.45. The molecule has 78 valence electrons. The predicted molar refractivity (Wildman–Crippen MR) is 48.4 cm³/mol. The van der Waals surface area contributed by atoms with E-state index in [-0.39, 0.29) is 12.5 Å². The van der Waals surface area contributed by atoms with E-state index in [9.17, 15) is 9.59 Å². The van der Waals surface area contributed by atoms with Crippen LogP contribution in [0.5, 0.6) is 0 Å². The van der Waals surface area contributed by atoms with Gasteiger partial charge in [-0.3, -0.25) is 20.6 Å². The monoisotopic (exact) mass is 199 g/mol. The van der Waals surface area contributed by atoms with Gasteiger partial charge in [0.1, 0.15) is 0 Å². The van der Waals surface area contributed by atoms with Crippen molar-refractivity contribution < 1.29 is 14.3 Å². The fourth-order valence-electron chi connectivity index (χ4n) is 1.15. The van der Waals surface area contributed by atoms with Crippen molar-refractivity contribution in [2.75, 3.05) is 13.2 Å². The van der Waals surface area contributed by atoms with Crippen molar-refractivity contribution in [2.45, 2.75) is 19.8 Å². The van der Waals surface area contributed by atoms with Crippen molar-refractivity contribution in [1.82, 2.24) is 10.4 Å². The Bertz CT molecular complexity index is 265. The fourth-order valence-corrected chi connectivity index (χ4v) is 1.15. The molecule has 0 saturated carbocycles. The van der Waals surface area contributed by atoms with E-state index in [2.05, 4.69) is 10.2 Å². The maximum Gasteiger partial charge on any atom is 0.375 e. The molecule has 0 radical (unpaired) electrons. The second kappa shape index (κ2) is 4.59. The molecule has 1 heterocycles. The van der Waals surface area contributed by atoms with Crippen LogP contribution >= 0.6 is 0 Å². The molecule has 2 N–H and O–H groups in total. The quantitative estimate of drug-likeness (QED) is 0.362. The Labute approximate surface area is 81.7 Å². The first-order valence-electron chi connectivity index (χ1n) is 4.48. The number of ether oxygens (including phenoxy) is 1. The second-order valence-electron chi connectivity index (χ2n) is 2.86. The Morgan fingerprint density at radius 3 is 2.93 bits per heavy atom. The summed E-state index contributed by atoms with van der Waals surface area (Å²) in [5.74, 6) is -1.24. The number of esters is 1. The highest BCUT2D eigenvalue weighted by molar-refractivity contribution is 6.34. The summed E-state index contributed by atoms with van der Waals surface area (Å²) in [6.45, 7) is 2.41. The van der Waals surface area contributed by atoms with Crippen molar-refractivity contribution in [1.29, 1.82) is 5.41 Å². The molecule has 1 fully saturated rings. The zero-order valence-corrected chi connectivity index (χ0v) is 8.00. The van der Waals surface area contributed by atoms with Gasteiger partial charge in [0.2, 0.25) is 11.7 Å². The molecule has 0 bridgehead atoms. The molecule has 1 saturated heterocycles. The van der Waals surface area contributed by atoms with Gasteiger partial charge in [0, 0.05) is 13.0 Å². The highest BCUT2D eigenvalue weighted by Crippen LogP contribution is 2.05. The number of amidine groups is 1. The highest BCUT2D eigenvalue weighted by Gasteiger charge is 2.23. The zero-order chi connectivity index (χ0) is 10.6. The summed E-state index contributed by atoms with van der Waals surface area (Å²) >= 11 is 0. The zero-order valence-electron chi connectivity index (χ0n) is 8.00. The van der Waals surface area contributed by atoms with E-state index < -0.39 is 11.8 Å². The predicted octanol–water partition coefficient (Wildman–Crippen LogP) is -0.346. The Balaban J connectivity index is 2.40. The Hall–Kier alpha value is -1.59. The first-order chi connectivity index (χ1) is 6.65. The molecule has 1 aliphatic rings. The molecular formula is C8H13N3O3. The highest BCUT2D eigenvalue weighted by atomic mass is 16.5. The number of carbonyl (C=O) groups is 2. The Morgan fingerprint density at radius 1 is 1.71 bits per heavy atom. The Morgan fingerprint density at radius 2 is 2.43 bits per heavy atom. The smallest absolute Gasteiger partial charge is 0.375 e. The summed E-state index contributed by atoms with van der Waals surface area (Å²) < 4.78 is 4.59. The molecule has 1 aliphatic heterocycles. The van der Waals surface area contributed by atoms with Crippen LogP contribution in [0.3, 0.4) is 0 Å². The van der Waals surface area contributed by atoms with E-state index in [1.54, 1.807) is 6.92 Å². The van der Waals surface area contributed by atoms with Gasteiger partial charge in [0.25, 0.3) is 0 Å². The van der Waals surface area contributed by atoms with Crippen LogP contribution in [0.25, 0.3) is 0 Å². The van der Waals surface area contributed by atoms with Crippen molar-refractivity contribution in [3.63, 3.8) is 0 Å². The van der Waals surface area contributed by atoms with Gasteiger partial charge in [0.05, 0.1) is 6.61 Å². The van der Waals surface area contributed by atoms with Crippen LogP contribution in [0.2, 0.25) is 0 Å². The average Bonchev–Trinajstić information content (AvgIpc) is 2.52. The lowest BCUT2D eigenvalue weighted by Gasteiger charge is -2.17. The molecule has 6 heteroatoms. The van der Waals surface area contributed by atoms with Crippen molar-refractivity contribution in [3.05, 3.63) is 0 Å². The third-order valence-electron chi connectivity index (χ3n) is 1.80. The minimum absolute atomic E-state index is 0.0981. The van der Waals surface area contributed by atoms with E-state index in [1.165, 1.54) is 5.01 Å². The van der Waals surface area contributed by atoms with E-state index in [1.807, 2.05) is 0 Å². The summed E-state index contributed by atoms with van der Waals surface area (Å²) in [6, 6.07) is 0. The largest absolute Gasteiger partial charge is 0.460 e. The molecule has 0 aromatic carbocycles. The number of carbonyl (C=O) groups excluding carboxylic acids is 2. The third-order valence-corrected chi connectivity index (χ3v) is 1.80. The maximum absolute atomic E-state index is 11.1. The number of rotatable bonds is 2. The molecule has 1 rings (SSSR count). The van der Waals surface area contributed by atoms with E-state index in [0.29, 0.717) is 13.0 Å². The normalized spacial score (nSPS) is 15.5. The average molecular weight is 199 g/mol. The van der Waals surface area contributed by atoms with E-state index >= 15 is 0 Å². The molecular weight excluding hydrogens is 186 g/mol. The number of hydrazine groups is 1. The van der Waals surface area contributed by atoms with Gasteiger partial charge in [-0.25, -0.2) is 4.79 Å². The van der Waals surface area contributed by atoms with Gasteiger partial charge in [-0.15, -0.1) is 0 Å². The Kier molecular flexibility index (Phi) is 3.44. The van der Waals surface area contributed by atoms with E-state index in [4.69, 9.17) is 5.41 Å². The van der Waals surface area contributed by atoms with Crippen LogP contribution in [-0.2, 0) is 14.3 Å². The van der Waals surface area contributed by atoms with Gasteiger partial charge in [-0.05, 0) is 13.3 Å². The molecule has 0 unspecified atom stereocenters. The molecule has 0 aromatic rings. The molecule has 0 aromatic heterocycles. The standard InChI is InChI=1S/C8H13N3O3/c1-2-14-8(13)7(9)10-11-5-3-4-6(11)12/h2-5H2,1H3,(H2,9,10). The lowest BCUT2D eigenvalue weighted by molar-refractivity contribution is -0.136. The SMILES string of the molecule is CCOC(=O)C(=N)NN1CCCC1=O. The summed E-state index contributed by atoms with van der Waals surface area (Å²) in [6.07, 6.45) is 1.21. The number of amides is 1. The van der Waals surface area contributed by atoms with Crippen LogP contribution in [0, 0.1) is 5.41 Å². The molecule has 0 spiro atoms. The number of hydrogen-bond donors (Lipinski definition) is 2. The molecule has 14 heavy (non-hydrogen) atoms. The number of nitrogens with zero attached hydrogens (tertiary/aromatic N) is 1. The van der Waals surface area contributed by atoms with Crippen molar-refractivity contribution in [3.8, 4) is 0 Å². The first kappa shape index (κ1) is 10.5. The van der Waals surface area contributed by atoms with Crippen LogP contribution < -0.4 is 5.43 Å². The second-order valence-corrected chi connectivity index (χ2v) is 2.86. The minimum Gasteiger partial charge on any atom is -0.460 e. The van der Waals surface area contributed by atoms with Crippen molar-refractivity contribution >= 4 is 17.7 Å². The van der Waals surface area contributed by atoms with Crippen LogP contribution in [0.15, 0.2) is 0 Å². The van der Waals surface area contributed by atoms with Crippen molar-refractivity contribution in [2.24, 2.45) is 0 Å². The summed E-state index contributed by atoms with van der Waals surface area (Å²) in [5.41, 5.74) is 2.41. The van der Waals surface area contributed by atoms with Gasteiger partial charge in [-0.1, -0.05) is 0 Å². The first-order valence-corrected chi connectivity index (χ1v) is 4.48.